The summed E-state index contributed by atoms with van der Waals surface area (Å²) in [7, 11) is 0. The van der Waals surface area contributed by atoms with Gasteiger partial charge in [0.15, 0.2) is 0 Å². The Morgan fingerprint density at radius 1 is 1.06 bits per heavy atom. The first kappa shape index (κ1) is 20.7. The zero-order valence-electron chi connectivity index (χ0n) is 18.1. The van der Waals surface area contributed by atoms with Gasteiger partial charge in [-0.15, -0.1) is 0 Å². The van der Waals surface area contributed by atoms with E-state index in [1.165, 1.54) is 6.92 Å². The van der Waals surface area contributed by atoms with Gasteiger partial charge in [0.05, 0.1) is 6.54 Å². The monoisotopic (exact) mass is 433 g/mol. The number of rotatable bonds is 5. The topological polar surface area (TPSA) is 87.7 Å². The Morgan fingerprint density at radius 3 is 2.56 bits per heavy atom. The van der Waals surface area contributed by atoms with E-state index in [0.29, 0.717) is 18.2 Å². The molecule has 2 bridgehead atoms. The molecule has 0 saturated carbocycles. The number of furan rings is 1. The van der Waals surface area contributed by atoms with Crippen LogP contribution in [0.2, 0.25) is 0 Å². The van der Waals surface area contributed by atoms with Crippen molar-refractivity contribution < 1.29 is 14.3 Å². The van der Waals surface area contributed by atoms with Crippen molar-refractivity contribution in [1.29, 1.82) is 0 Å². The van der Waals surface area contributed by atoms with Crippen LogP contribution in [0.15, 0.2) is 57.7 Å². The second-order valence-electron chi connectivity index (χ2n) is 8.86. The molecule has 0 spiro atoms. The summed E-state index contributed by atoms with van der Waals surface area (Å²) in [6.07, 6.45) is 1.07. The normalized spacial score (nSPS) is 20.1. The van der Waals surface area contributed by atoms with E-state index >= 15 is 0 Å². The maximum Gasteiger partial charge on any atom is 0.250 e. The summed E-state index contributed by atoms with van der Waals surface area (Å²) in [5.74, 6) is 2.02. The predicted octanol–water partition coefficient (Wildman–Crippen LogP) is 3.18. The number of nitrogens with one attached hydrogen (secondary N) is 1. The molecule has 2 aliphatic heterocycles. The molecule has 1 amide bonds. The van der Waals surface area contributed by atoms with Crippen LogP contribution >= 0.6 is 0 Å². The molecule has 7 nitrogen and oxygen atoms in total. The highest BCUT2D eigenvalue weighted by Crippen LogP contribution is 2.40. The molecule has 5 rings (SSSR count). The van der Waals surface area contributed by atoms with Crippen LogP contribution in [0.25, 0.3) is 11.1 Å². The van der Waals surface area contributed by atoms with Gasteiger partial charge < -0.3 is 19.4 Å². The number of amides is 1. The van der Waals surface area contributed by atoms with Crippen LogP contribution in [0, 0.1) is 5.92 Å². The summed E-state index contributed by atoms with van der Waals surface area (Å²) in [4.78, 5) is 26.4. The SMILES string of the molecule is CC(=O)Nc1ccc(-c2ccc(=O)n3c2[C@H]2C[C@@H](CN(Cc4ccc(CO)o4)C2)C3)cc1. The lowest BCUT2D eigenvalue weighted by Gasteiger charge is -2.43. The second kappa shape index (κ2) is 8.41. The number of aliphatic hydroxyl groups is 1. The van der Waals surface area contributed by atoms with Gasteiger partial charge in [-0.05, 0) is 48.2 Å². The molecule has 2 atom stereocenters. The number of nitrogens with zero attached hydrogens (tertiary/aromatic N) is 2. The third-order valence-electron chi connectivity index (χ3n) is 6.43. The molecule has 32 heavy (non-hydrogen) atoms. The maximum absolute atomic E-state index is 12.7. The van der Waals surface area contributed by atoms with E-state index in [1.807, 2.05) is 47.0 Å². The number of carbonyl (C=O) groups is 1. The smallest absolute Gasteiger partial charge is 0.250 e. The van der Waals surface area contributed by atoms with Gasteiger partial charge in [-0.25, -0.2) is 0 Å². The molecule has 0 unspecified atom stereocenters. The third-order valence-corrected chi connectivity index (χ3v) is 6.43. The van der Waals surface area contributed by atoms with Crippen LogP contribution in [0.1, 0.15) is 36.5 Å². The largest absolute Gasteiger partial charge is 0.462 e. The molecule has 0 aliphatic carbocycles. The zero-order valence-corrected chi connectivity index (χ0v) is 18.1. The highest BCUT2D eigenvalue weighted by molar-refractivity contribution is 5.89. The molecule has 3 aromatic rings. The van der Waals surface area contributed by atoms with Crippen molar-refractivity contribution in [3.63, 3.8) is 0 Å². The molecule has 2 aliphatic rings. The number of likely N-dealkylation sites (tertiary alicyclic amines) is 1. The molecule has 4 heterocycles. The minimum absolute atomic E-state index is 0.0559. The van der Waals surface area contributed by atoms with Gasteiger partial charge in [0.1, 0.15) is 18.1 Å². The fraction of sp³-hybridized carbons (Fsp3) is 0.360. The number of piperidine rings is 1. The molecule has 1 aromatic carbocycles. The summed E-state index contributed by atoms with van der Waals surface area (Å²) in [5, 5.41) is 12.1. The molecular formula is C25H27N3O4. The van der Waals surface area contributed by atoms with Crippen molar-refractivity contribution in [2.24, 2.45) is 5.92 Å². The minimum Gasteiger partial charge on any atom is -0.462 e. The van der Waals surface area contributed by atoms with Gasteiger partial charge in [0, 0.05) is 55.5 Å². The van der Waals surface area contributed by atoms with Gasteiger partial charge in [0.2, 0.25) is 5.91 Å². The van der Waals surface area contributed by atoms with E-state index in [4.69, 9.17) is 4.42 Å². The van der Waals surface area contributed by atoms with Crippen molar-refractivity contribution >= 4 is 11.6 Å². The number of anilines is 1. The Kier molecular flexibility index (Phi) is 5.45. The van der Waals surface area contributed by atoms with E-state index in [1.54, 1.807) is 6.07 Å². The first-order valence-corrected chi connectivity index (χ1v) is 11.0. The van der Waals surface area contributed by atoms with Crippen molar-refractivity contribution in [3.05, 3.63) is 76.1 Å². The number of aliphatic hydroxyl groups excluding tert-OH is 1. The van der Waals surface area contributed by atoms with Gasteiger partial charge in [-0.1, -0.05) is 12.1 Å². The molecular weight excluding hydrogens is 406 g/mol. The highest BCUT2D eigenvalue weighted by atomic mass is 16.4. The lowest BCUT2D eigenvalue weighted by Crippen LogP contribution is -2.46. The lowest BCUT2D eigenvalue weighted by molar-refractivity contribution is -0.114. The van der Waals surface area contributed by atoms with E-state index in [9.17, 15) is 14.7 Å². The summed E-state index contributed by atoms with van der Waals surface area (Å²) in [6, 6.07) is 15.1. The molecule has 2 aromatic heterocycles. The van der Waals surface area contributed by atoms with Gasteiger partial charge in [-0.2, -0.15) is 0 Å². The van der Waals surface area contributed by atoms with E-state index in [-0.39, 0.29) is 24.0 Å². The van der Waals surface area contributed by atoms with Crippen molar-refractivity contribution in [3.8, 4) is 11.1 Å². The Labute approximate surface area is 186 Å². The van der Waals surface area contributed by atoms with Crippen LogP contribution in [0.3, 0.4) is 0 Å². The van der Waals surface area contributed by atoms with Gasteiger partial charge in [-0.3, -0.25) is 14.5 Å². The molecule has 1 saturated heterocycles. The predicted molar refractivity (Wildman–Crippen MR) is 121 cm³/mol. The van der Waals surface area contributed by atoms with Crippen LogP contribution in [-0.2, 0) is 24.5 Å². The Bertz CT molecular complexity index is 1190. The van der Waals surface area contributed by atoms with E-state index in [0.717, 1.165) is 54.3 Å². The summed E-state index contributed by atoms with van der Waals surface area (Å²) in [6.45, 7) is 4.60. The lowest BCUT2D eigenvalue weighted by atomic mass is 9.80. The maximum atomic E-state index is 12.7. The number of hydrogen-bond donors (Lipinski definition) is 2. The molecule has 2 N–H and O–H groups in total. The average molecular weight is 434 g/mol. The first-order valence-electron chi connectivity index (χ1n) is 11.0. The standard InChI is InChI=1S/C25H27N3O4/c1-16(30)26-20-4-2-18(3-5-20)23-8-9-24(31)28-12-17-10-19(25(23)28)13-27(11-17)14-21-6-7-22(15-29)32-21/h2-9,17,19,29H,10-15H2,1H3,(H,26,30)/t17-,19-/m0/s1. The molecule has 0 radical (unpaired) electrons. The Morgan fingerprint density at radius 2 is 1.84 bits per heavy atom. The molecule has 1 fully saturated rings. The van der Waals surface area contributed by atoms with E-state index in [2.05, 4.69) is 10.2 Å². The number of carbonyl (C=O) groups excluding carboxylic acids is 1. The summed E-state index contributed by atoms with van der Waals surface area (Å²) < 4.78 is 7.66. The van der Waals surface area contributed by atoms with Crippen molar-refractivity contribution in [2.75, 3.05) is 18.4 Å². The van der Waals surface area contributed by atoms with Crippen LogP contribution in [-0.4, -0.2) is 33.6 Å². The summed E-state index contributed by atoms with van der Waals surface area (Å²) >= 11 is 0. The zero-order chi connectivity index (χ0) is 22.2. The molecule has 166 valence electrons. The van der Waals surface area contributed by atoms with Crippen LogP contribution < -0.4 is 10.9 Å². The van der Waals surface area contributed by atoms with Crippen LogP contribution in [0.5, 0.6) is 0 Å². The summed E-state index contributed by atoms with van der Waals surface area (Å²) in [5.41, 5.74) is 4.02. The fourth-order valence-electron chi connectivity index (χ4n) is 5.24. The second-order valence-corrected chi connectivity index (χ2v) is 8.86. The Balaban J connectivity index is 1.45. The van der Waals surface area contributed by atoms with Crippen molar-refractivity contribution in [2.45, 2.75) is 39.0 Å². The van der Waals surface area contributed by atoms with Crippen LogP contribution in [0.4, 0.5) is 5.69 Å². The minimum atomic E-state index is -0.0996. The third kappa shape index (κ3) is 4.01. The molecule has 7 heteroatoms. The number of benzene rings is 1. The van der Waals surface area contributed by atoms with Crippen molar-refractivity contribution in [1.82, 2.24) is 9.47 Å². The number of fused-ring (bicyclic) bond motifs is 4. The van der Waals surface area contributed by atoms with E-state index < -0.39 is 0 Å². The Hall–Kier alpha value is -3.16. The first-order chi connectivity index (χ1) is 15.5. The highest BCUT2D eigenvalue weighted by Gasteiger charge is 2.36. The van der Waals surface area contributed by atoms with Gasteiger partial charge in [0.25, 0.3) is 5.56 Å². The quantitative estimate of drug-likeness (QED) is 0.645. The van der Waals surface area contributed by atoms with Gasteiger partial charge >= 0.3 is 0 Å². The average Bonchev–Trinajstić information content (AvgIpc) is 3.22. The number of aromatic nitrogens is 1. The number of hydrogen-bond acceptors (Lipinski definition) is 5. The fourth-order valence-corrected chi connectivity index (χ4v) is 5.24. The number of pyridine rings is 1.